The van der Waals surface area contributed by atoms with E-state index in [9.17, 15) is 0 Å². The Morgan fingerprint density at radius 3 is 2.14 bits per heavy atom. The second kappa shape index (κ2) is 6.47. The smallest absolute Gasteiger partial charge is 0.411 e. The molecular weight excluding hydrogens is 101 g/mol. The zero-order valence-corrected chi connectivity index (χ0v) is 7.10. The van der Waals surface area contributed by atoms with Crippen molar-refractivity contribution in [3.05, 3.63) is 0 Å². The first-order valence-electron chi connectivity index (χ1n) is 1.98. The van der Waals surface area contributed by atoms with Gasteiger partial charge in [-0.3, -0.25) is 0 Å². The summed E-state index contributed by atoms with van der Waals surface area (Å²) in [6.07, 6.45) is 0.830. The van der Waals surface area contributed by atoms with Crippen molar-refractivity contribution < 1.29 is 34.8 Å². The molecular formula is C4H9NNaO+. The fourth-order valence-electron chi connectivity index (χ4n) is 0.0707. The zero-order chi connectivity index (χ0) is 4.99. The molecule has 0 aliphatic carbocycles. The maximum atomic E-state index is 7.92. The molecule has 0 rings (SSSR count). The van der Waals surface area contributed by atoms with Gasteiger partial charge in [-0.15, -0.1) is 0 Å². The summed E-state index contributed by atoms with van der Waals surface area (Å²) >= 11 is 0. The summed E-state index contributed by atoms with van der Waals surface area (Å²) in [5.74, 6) is 0. The summed E-state index contributed by atoms with van der Waals surface area (Å²) in [6, 6.07) is 0. The van der Waals surface area contributed by atoms with Gasteiger partial charge in [0.25, 0.3) is 0 Å². The first-order valence-corrected chi connectivity index (χ1v) is 1.98. The zero-order valence-electron chi connectivity index (χ0n) is 5.10. The standard InChI is InChI=1S/C4H9NO.Na/c1-3-4(2)5-6;/h6H,3H2,1-2H3;/q;+1/b5-4+;. The van der Waals surface area contributed by atoms with Crippen LogP contribution in [0.15, 0.2) is 5.16 Å². The largest absolute Gasteiger partial charge is 1.00 e. The van der Waals surface area contributed by atoms with Crippen molar-refractivity contribution in [2.75, 3.05) is 0 Å². The Bertz CT molecular complexity index is 62.7. The number of rotatable bonds is 1. The van der Waals surface area contributed by atoms with E-state index in [1.165, 1.54) is 0 Å². The van der Waals surface area contributed by atoms with Crippen LogP contribution in [0.1, 0.15) is 20.3 Å². The Kier molecular flexibility index (Phi) is 9.66. The van der Waals surface area contributed by atoms with Crippen LogP contribution in [0.2, 0.25) is 0 Å². The van der Waals surface area contributed by atoms with Gasteiger partial charge >= 0.3 is 29.6 Å². The summed E-state index contributed by atoms with van der Waals surface area (Å²) in [5, 5.41) is 10.8. The molecule has 0 saturated heterocycles. The van der Waals surface area contributed by atoms with Crippen LogP contribution in [0.25, 0.3) is 0 Å². The van der Waals surface area contributed by atoms with E-state index >= 15 is 0 Å². The van der Waals surface area contributed by atoms with Crippen LogP contribution in [-0.4, -0.2) is 10.9 Å². The number of oxime groups is 1. The molecule has 0 bridgehead atoms. The van der Waals surface area contributed by atoms with Crippen LogP contribution >= 0.6 is 0 Å². The molecule has 2 nitrogen and oxygen atoms in total. The first-order chi connectivity index (χ1) is 2.81. The summed E-state index contributed by atoms with van der Waals surface area (Å²) in [7, 11) is 0. The monoisotopic (exact) mass is 110 g/mol. The molecule has 0 amide bonds. The van der Waals surface area contributed by atoms with E-state index in [1.54, 1.807) is 6.92 Å². The second-order valence-corrected chi connectivity index (χ2v) is 1.19. The molecule has 0 fully saturated rings. The molecule has 0 aromatic carbocycles. The Balaban J connectivity index is 0. The van der Waals surface area contributed by atoms with Gasteiger partial charge in [-0.1, -0.05) is 12.1 Å². The van der Waals surface area contributed by atoms with Gasteiger partial charge in [-0.2, -0.15) is 0 Å². The number of nitrogens with zero attached hydrogens (tertiary/aromatic N) is 1. The topological polar surface area (TPSA) is 32.6 Å². The SMILES string of the molecule is CC/C(C)=N/O.[Na+]. The van der Waals surface area contributed by atoms with Crippen LogP contribution in [0, 0.1) is 0 Å². The van der Waals surface area contributed by atoms with Gasteiger partial charge in [-0.05, 0) is 13.3 Å². The molecule has 1 N–H and O–H groups in total. The van der Waals surface area contributed by atoms with E-state index in [-0.39, 0.29) is 29.6 Å². The van der Waals surface area contributed by atoms with Crippen LogP contribution in [0.4, 0.5) is 0 Å². The predicted octanol–water partition coefficient (Wildman–Crippen LogP) is -1.75. The van der Waals surface area contributed by atoms with Crippen molar-refractivity contribution in [2.24, 2.45) is 5.16 Å². The van der Waals surface area contributed by atoms with Crippen LogP contribution in [-0.2, 0) is 0 Å². The van der Waals surface area contributed by atoms with Gasteiger partial charge < -0.3 is 5.21 Å². The molecule has 0 aromatic rings. The summed E-state index contributed by atoms with van der Waals surface area (Å²) in [4.78, 5) is 0. The maximum Gasteiger partial charge on any atom is 1.00 e. The first kappa shape index (κ1) is 10.5. The molecule has 0 aliphatic heterocycles. The second-order valence-electron chi connectivity index (χ2n) is 1.19. The van der Waals surface area contributed by atoms with Crippen molar-refractivity contribution in [1.29, 1.82) is 0 Å². The van der Waals surface area contributed by atoms with Gasteiger partial charge in [-0.25, -0.2) is 0 Å². The molecule has 0 aliphatic rings. The van der Waals surface area contributed by atoms with Gasteiger partial charge in [0.15, 0.2) is 0 Å². The molecule has 3 heteroatoms. The number of hydrogen-bond donors (Lipinski definition) is 1. The van der Waals surface area contributed by atoms with E-state index < -0.39 is 0 Å². The minimum atomic E-state index is 0. The Labute approximate surface area is 65.9 Å². The van der Waals surface area contributed by atoms with Gasteiger partial charge in [0, 0.05) is 0 Å². The van der Waals surface area contributed by atoms with Crippen LogP contribution in [0.3, 0.4) is 0 Å². The van der Waals surface area contributed by atoms with E-state index in [2.05, 4.69) is 5.16 Å². The van der Waals surface area contributed by atoms with E-state index in [1.807, 2.05) is 6.92 Å². The van der Waals surface area contributed by atoms with Crippen molar-refractivity contribution in [2.45, 2.75) is 20.3 Å². The van der Waals surface area contributed by atoms with Crippen LogP contribution in [0.5, 0.6) is 0 Å². The van der Waals surface area contributed by atoms with Crippen LogP contribution < -0.4 is 29.6 Å². The molecule has 0 heterocycles. The van der Waals surface area contributed by atoms with E-state index in [0.29, 0.717) is 0 Å². The molecule has 0 unspecified atom stereocenters. The average Bonchev–Trinajstić information content (AvgIpc) is 1.65. The Hall–Kier alpha value is 0.470. The quantitative estimate of drug-likeness (QED) is 0.185. The Morgan fingerprint density at radius 1 is 1.71 bits per heavy atom. The molecule has 0 atom stereocenters. The van der Waals surface area contributed by atoms with Gasteiger partial charge in [0.05, 0.1) is 5.71 Å². The minimum absolute atomic E-state index is 0. The maximum absolute atomic E-state index is 7.92. The summed E-state index contributed by atoms with van der Waals surface area (Å²) in [5.41, 5.74) is 0.773. The van der Waals surface area contributed by atoms with E-state index in [0.717, 1.165) is 12.1 Å². The fraction of sp³-hybridized carbons (Fsp3) is 0.750. The normalized spacial score (nSPS) is 10.3. The van der Waals surface area contributed by atoms with Crippen molar-refractivity contribution in [3.8, 4) is 0 Å². The molecule has 0 aromatic heterocycles. The average molecular weight is 110 g/mol. The third-order valence-electron chi connectivity index (χ3n) is 0.682. The van der Waals surface area contributed by atoms with Gasteiger partial charge in [0.2, 0.25) is 0 Å². The van der Waals surface area contributed by atoms with E-state index in [4.69, 9.17) is 5.21 Å². The molecule has 36 valence electrons. The Morgan fingerprint density at radius 2 is 2.14 bits per heavy atom. The predicted molar refractivity (Wildman–Crippen MR) is 25.2 cm³/mol. The third kappa shape index (κ3) is 6.47. The molecule has 7 heavy (non-hydrogen) atoms. The molecule has 0 spiro atoms. The van der Waals surface area contributed by atoms with Gasteiger partial charge in [0.1, 0.15) is 0 Å². The van der Waals surface area contributed by atoms with Crippen molar-refractivity contribution in [3.63, 3.8) is 0 Å². The summed E-state index contributed by atoms with van der Waals surface area (Å²) in [6.45, 7) is 3.72. The van der Waals surface area contributed by atoms with Crippen molar-refractivity contribution >= 4 is 5.71 Å². The molecule has 0 saturated carbocycles. The minimum Gasteiger partial charge on any atom is -0.411 e. The third-order valence-corrected chi connectivity index (χ3v) is 0.682. The van der Waals surface area contributed by atoms with Crippen molar-refractivity contribution in [1.82, 2.24) is 0 Å². The molecule has 0 radical (unpaired) electrons. The summed E-state index contributed by atoms with van der Waals surface area (Å²) < 4.78 is 0. The fourth-order valence-corrected chi connectivity index (χ4v) is 0.0707. The number of hydrogen-bond acceptors (Lipinski definition) is 2.